The molecule has 0 saturated carbocycles. The summed E-state index contributed by atoms with van der Waals surface area (Å²) in [5.41, 5.74) is -0.983. The molecule has 0 radical (unpaired) electrons. The highest BCUT2D eigenvalue weighted by molar-refractivity contribution is 14.1. The van der Waals surface area contributed by atoms with E-state index in [-0.39, 0.29) is 17.7 Å². The number of hydrogen-bond acceptors (Lipinski definition) is 4. The Morgan fingerprint density at radius 1 is 1.24 bits per heavy atom. The molecule has 0 unspecified atom stereocenters. The van der Waals surface area contributed by atoms with Gasteiger partial charge in [0.25, 0.3) is 0 Å². The summed E-state index contributed by atoms with van der Waals surface area (Å²) in [4.78, 5) is 23.4. The highest BCUT2D eigenvalue weighted by Crippen LogP contribution is 2.43. The van der Waals surface area contributed by atoms with Crippen molar-refractivity contribution in [1.29, 1.82) is 0 Å². The van der Waals surface area contributed by atoms with E-state index in [9.17, 15) is 14.8 Å². The van der Waals surface area contributed by atoms with E-state index in [0.717, 1.165) is 0 Å². The second-order valence-electron chi connectivity index (χ2n) is 6.66. The largest absolute Gasteiger partial charge is 0.356 e. The van der Waals surface area contributed by atoms with E-state index in [4.69, 9.17) is 0 Å². The van der Waals surface area contributed by atoms with Gasteiger partial charge < -0.3 is 15.8 Å². The molecule has 1 heterocycles. The SMILES string of the molecule is CC1(C)C[C@@H](C(=O)NCCCNC(=O)CI)C(C)(C)N1O. The fraction of sp³-hybridized carbons (Fsp3) is 0.857. The number of hydroxylamine groups is 2. The molecule has 7 heteroatoms. The summed E-state index contributed by atoms with van der Waals surface area (Å²) in [5, 5.41) is 17.2. The summed E-state index contributed by atoms with van der Waals surface area (Å²) in [6, 6.07) is 0. The van der Waals surface area contributed by atoms with Crippen molar-refractivity contribution in [2.24, 2.45) is 5.92 Å². The Bertz CT molecular complexity index is 399. The van der Waals surface area contributed by atoms with Crippen LogP contribution >= 0.6 is 22.6 Å². The van der Waals surface area contributed by atoms with Crippen molar-refractivity contribution >= 4 is 34.4 Å². The maximum atomic E-state index is 12.3. The zero-order valence-electron chi connectivity index (χ0n) is 13.2. The molecule has 2 amide bonds. The predicted molar refractivity (Wildman–Crippen MR) is 89.4 cm³/mol. The minimum absolute atomic E-state index is 0.0107. The van der Waals surface area contributed by atoms with Gasteiger partial charge in [-0.2, -0.15) is 5.06 Å². The van der Waals surface area contributed by atoms with Crippen LogP contribution in [0.25, 0.3) is 0 Å². The monoisotopic (exact) mass is 411 g/mol. The van der Waals surface area contributed by atoms with Crippen LogP contribution in [0.3, 0.4) is 0 Å². The lowest BCUT2D eigenvalue weighted by Gasteiger charge is -2.35. The van der Waals surface area contributed by atoms with Crippen LogP contribution in [0.4, 0.5) is 0 Å². The normalized spacial score (nSPS) is 23.8. The van der Waals surface area contributed by atoms with Crippen molar-refractivity contribution in [3.63, 3.8) is 0 Å². The molecule has 1 aliphatic heterocycles. The van der Waals surface area contributed by atoms with Gasteiger partial charge in [-0.25, -0.2) is 0 Å². The summed E-state index contributed by atoms with van der Waals surface area (Å²) in [5.74, 6) is -0.275. The van der Waals surface area contributed by atoms with E-state index >= 15 is 0 Å². The molecular formula is C14H26IN3O3. The van der Waals surface area contributed by atoms with Gasteiger partial charge in [-0.3, -0.25) is 9.59 Å². The first kappa shape index (κ1) is 18.6. The Hall–Kier alpha value is -0.410. The fourth-order valence-electron chi connectivity index (χ4n) is 2.88. The molecule has 1 atom stereocenters. The number of halogens is 1. The molecule has 21 heavy (non-hydrogen) atoms. The van der Waals surface area contributed by atoms with Gasteiger partial charge in [0, 0.05) is 18.6 Å². The van der Waals surface area contributed by atoms with Crippen LogP contribution in [-0.4, -0.2) is 50.7 Å². The second kappa shape index (κ2) is 7.23. The van der Waals surface area contributed by atoms with Crippen molar-refractivity contribution in [3.8, 4) is 0 Å². The van der Waals surface area contributed by atoms with Crippen LogP contribution in [0.15, 0.2) is 0 Å². The van der Waals surface area contributed by atoms with Crippen molar-refractivity contribution in [2.45, 2.75) is 51.6 Å². The Morgan fingerprint density at radius 2 is 1.81 bits per heavy atom. The van der Waals surface area contributed by atoms with E-state index in [0.29, 0.717) is 30.4 Å². The maximum absolute atomic E-state index is 12.3. The van der Waals surface area contributed by atoms with Crippen LogP contribution in [0.1, 0.15) is 40.5 Å². The van der Waals surface area contributed by atoms with E-state index in [2.05, 4.69) is 10.6 Å². The van der Waals surface area contributed by atoms with E-state index in [1.807, 2.05) is 50.3 Å². The van der Waals surface area contributed by atoms with Gasteiger partial charge in [0.2, 0.25) is 11.8 Å². The smallest absolute Gasteiger partial charge is 0.229 e. The molecule has 6 nitrogen and oxygen atoms in total. The molecule has 0 aromatic heterocycles. The number of rotatable bonds is 6. The number of carbonyl (C=O) groups is 2. The molecule has 1 fully saturated rings. The van der Waals surface area contributed by atoms with E-state index < -0.39 is 11.1 Å². The third kappa shape index (κ3) is 4.53. The number of hydrogen-bond donors (Lipinski definition) is 3. The third-order valence-electron chi connectivity index (χ3n) is 4.09. The van der Waals surface area contributed by atoms with Gasteiger partial charge in [0.1, 0.15) is 0 Å². The van der Waals surface area contributed by atoms with Gasteiger partial charge in [-0.1, -0.05) is 22.6 Å². The Labute approximate surface area is 140 Å². The van der Waals surface area contributed by atoms with Crippen LogP contribution in [-0.2, 0) is 9.59 Å². The number of nitrogens with zero attached hydrogens (tertiary/aromatic N) is 1. The molecule has 1 saturated heterocycles. The summed E-state index contributed by atoms with van der Waals surface area (Å²) in [6.07, 6.45) is 1.32. The molecular weight excluding hydrogens is 385 g/mol. The highest BCUT2D eigenvalue weighted by Gasteiger charge is 2.54. The standard InChI is InChI=1S/C14H26IN3O3/c1-13(2)8-10(14(3,4)18(13)21)12(20)17-7-5-6-16-11(19)9-15/h10,21H,5-9H2,1-4H3,(H,16,19)(H,17,20)/t10-/m0/s1. The highest BCUT2D eigenvalue weighted by atomic mass is 127. The van der Waals surface area contributed by atoms with Crippen LogP contribution in [0, 0.1) is 5.92 Å². The molecule has 0 aromatic rings. The first-order valence-electron chi connectivity index (χ1n) is 7.22. The number of amides is 2. The topological polar surface area (TPSA) is 81.7 Å². The zero-order chi connectivity index (χ0) is 16.3. The molecule has 122 valence electrons. The first-order chi connectivity index (χ1) is 9.63. The molecule has 0 spiro atoms. The van der Waals surface area contributed by atoms with E-state index in [1.54, 1.807) is 0 Å². The van der Waals surface area contributed by atoms with Crippen molar-refractivity contribution in [1.82, 2.24) is 15.7 Å². The van der Waals surface area contributed by atoms with Crippen LogP contribution in [0.5, 0.6) is 0 Å². The number of carbonyl (C=O) groups excluding carboxylic acids is 2. The fourth-order valence-corrected chi connectivity index (χ4v) is 3.14. The lowest BCUT2D eigenvalue weighted by Crippen LogP contribution is -2.50. The number of alkyl halides is 1. The quantitative estimate of drug-likeness (QED) is 0.350. The zero-order valence-corrected chi connectivity index (χ0v) is 15.4. The Kier molecular flexibility index (Phi) is 6.42. The first-order valence-corrected chi connectivity index (χ1v) is 8.75. The molecule has 1 aliphatic rings. The van der Waals surface area contributed by atoms with Gasteiger partial charge in [0.15, 0.2) is 0 Å². The van der Waals surface area contributed by atoms with E-state index in [1.165, 1.54) is 5.06 Å². The summed E-state index contributed by atoms with van der Waals surface area (Å²) in [6.45, 7) is 8.72. The summed E-state index contributed by atoms with van der Waals surface area (Å²) in [7, 11) is 0. The number of nitrogens with one attached hydrogen (secondary N) is 2. The predicted octanol–water partition coefficient (Wildman–Crippen LogP) is 1.31. The summed E-state index contributed by atoms with van der Waals surface area (Å²) >= 11 is 2.01. The van der Waals surface area contributed by atoms with Crippen LogP contribution in [0.2, 0.25) is 0 Å². The van der Waals surface area contributed by atoms with Gasteiger partial charge in [0.05, 0.1) is 15.9 Å². The minimum Gasteiger partial charge on any atom is -0.356 e. The maximum Gasteiger partial charge on any atom is 0.229 e. The summed E-state index contributed by atoms with van der Waals surface area (Å²) < 4.78 is 0.446. The average Bonchev–Trinajstić information content (AvgIpc) is 2.58. The molecule has 1 rings (SSSR count). The molecule has 3 N–H and O–H groups in total. The van der Waals surface area contributed by atoms with Gasteiger partial charge in [-0.05, 0) is 40.5 Å². The molecule has 0 bridgehead atoms. The van der Waals surface area contributed by atoms with Crippen molar-refractivity contribution < 1.29 is 14.8 Å². The Morgan fingerprint density at radius 3 is 2.29 bits per heavy atom. The second-order valence-corrected chi connectivity index (χ2v) is 7.43. The van der Waals surface area contributed by atoms with Gasteiger partial charge in [-0.15, -0.1) is 0 Å². The lowest BCUT2D eigenvalue weighted by atomic mass is 9.86. The lowest BCUT2D eigenvalue weighted by molar-refractivity contribution is -0.197. The van der Waals surface area contributed by atoms with Crippen LogP contribution < -0.4 is 10.6 Å². The minimum atomic E-state index is -0.580. The Balaban J connectivity index is 2.41. The third-order valence-corrected chi connectivity index (χ3v) is 4.78. The van der Waals surface area contributed by atoms with Crippen molar-refractivity contribution in [3.05, 3.63) is 0 Å². The van der Waals surface area contributed by atoms with Gasteiger partial charge >= 0.3 is 0 Å². The molecule has 0 aliphatic carbocycles. The van der Waals surface area contributed by atoms with Crippen molar-refractivity contribution in [2.75, 3.05) is 17.5 Å². The molecule has 0 aromatic carbocycles. The average molecular weight is 411 g/mol.